The Balaban J connectivity index is 0.965. The summed E-state index contributed by atoms with van der Waals surface area (Å²) in [5.41, 5.74) is 16.6. The van der Waals surface area contributed by atoms with Gasteiger partial charge in [0.2, 0.25) is 0 Å². The lowest BCUT2D eigenvalue weighted by molar-refractivity contribution is 0.800. The highest BCUT2D eigenvalue weighted by Crippen LogP contribution is 2.44. The molecule has 0 amide bonds. The highest BCUT2D eigenvalue weighted by atomic mass is 32.1. The molecule has 0 saturated heterocycles. The lowest BCUT2D eigenvalue weighted by Gasteiger charge is -2.16. The third-order valence-electron chi connectivity index (χ3n) is 14.0. The van der Waals surface area contributed by atoms with Crippen LogP contribution in [0.25, 0.3) is 98.7 Å². The van der Waals surface area contributed by atoms with Crippen LogP contribution in [0.2, 0.25) is 0 Å². The van der Waals surface area contributed by atoms with Gasteiger partial charge in [-0.1, -0.05) is 146 Å². The maximum atomic E-state index is 4.09. The molecule has 3 heteroatoms. The second-order valence-corrected chi connectivity index (χ2v) is 19.5. The van der Waals surface area contributed by atoms with Crippen molar-refractivity contribution in [1.82, 2.24) is 9.13 Å². The van der Waals surface area contributed by atoms with Crippen molar-refractivity contribution in [2.75, 3.05) is 0 Å². The van der Waals surface area contributed by atoms with E-state index >= 15 is 0 Å². The summed E-state index contributed by atoms with van der Waals surface area (Å²) in [6.45, 7) is 8.50. The van der Waals surface area contributed by atoms with Crippen LogP contribution in [0.15, 0.2) is 188 Å². The maximum absolute atomic E-state index is 4.09. The summed E-state index contributed by atoms with van der Waals surface area (Å²) in [6, 6.07) is 66.1. The molecule has 66 heavy (non-hydrogen) atoms. The van der Waals surface area contributed by atoms with E-state index in [9.17, 15) is 0 Å². The Hall–Kier alpha value is -7.20. The van der Waals surface area contributed by atoms with Crippen LogP contribution in [-0.4, -0.2) is 9.13 Å². The van der Waals surface area contributed by atoms with Crippen molar-refractivity contribution in [3.05, 3.63) is 215 Å². The molecule has 8 aromatic carbocycles. The second-order valence-electron chi connectivity index (χ2n) is 18.4. The third kappa shape index (κ3) is 6.93. The minimum atomic E-state index is 0.250. The number of rotatable bonds is 11. The molecule has 1 atom stereocenters. The number of aryl methyl sites for hydroxylation is 2. The first-order valence-electron chi connectivity index (χ1n) is 23.7. The number of para-hydroxylation sites is 2. The molecule has 0 fully saturated rings. The van der Waals surface area contributed by atoms with Crippen LogP contribution in [-0.2, 0) is 12.8 Å². The fourth-order valence-corrected chi connectivity index (χ4v) is 12.0. The Bertz CT molecular complexity index is 3800. The highest BCUT2D eigenvalue weighted by molar-refractivity contribution is 7.26. The fourth-order valence-electron chi connectivity index (χ4n) is 10.7. The Morgan fingerprint density at radius 1 is 0.606 bits per heavy atom. The summed E-state index contributed by atoms with van der Waals surface area (Å²) >= 11 is 1.96. The smallest absolute Gasteiger partial charge is 0.0555 e. The number of nitrogens with zero attached hydrogens (tertiary/aromatic N) is 2. The minimum absolute atomic E-state index is 0.250. The van der Waals surface area contributed by atoms with Crippen molar-refractivity contribution < 1.29 is 0 Å². The van der Waals surface area contributed by atoms with Crippen LogP contribution in [0, 0.1) is 0 Å². The number of hydrogen-bond acceptors (Lipinski definition) is 1. The van der Waals surface area contributed by atoms with Crippen LogP contribution < -0.4 is 10.6 Å². The van der Waals surface area contributed by atoms with Crippen molar-refractivity contribution in [2.24, 2.45) is 0 Å². The molecule has 0 spiro atoms. The van der Waals surface area contributed by atoms with Gasteiger partial charge in [0.05, 0.1) is 22.2 Å². The minimum Gasteiger partial charge on any atom is -0.310 e. The van der Waals surface area contributed by atoms with E-state index in [1.54, 1.807) is 0 Å². The second kappa shape index (κ2) is 16.7. The van der Waals surface area contributed by atoms with Crippen molar-refractivity contribution in [2.45, 2.75) is 58.3 Å². The molecule has 0 radical (unpaired) electrons. The quantitative estimate of drug-likeness (QED) is 0.115. The molecule has 1 aliphatic carbocycles. The molecule has 0 bridgehead atoms. The number of allylic oxidation sites excluding steroid dienone is 1. The molecule has 2 nitrogen and oxygen atoms in total. The zero-order valence-electron chi connectivity index (χ0n) is 37.7. The largest absolute Gasteiger partial charge is 0.310 e. The number of unbranched alkanes of at least 4 members (excludes halogenated alkanes) is 1. The van der Waals surface area contributed by atoms with Crippen LogP contribution in [0.1, 0.15) is 62.1 Å². The van der Waals surface area contributed by atoms with Crippen molar-refractivity contribution in [1.29, 1.82) is 0 Å². The van der Waals surface area contributed by atoms with Gasteiger partial charge in [0.1, 0.15) is 0 Å². The molecule has 0 N–H and O–H groups in total. The average molecular weight is 869 g/mol. The van der Waals surface area contributed by atoms with Crippen molar-refractivity contribution >= 4 is 76.4 Å². The average Bonchev–Trinajstić information content (AvgIpc) is 4.03. The van der Waals surface area contributed by atoms with E-state index in [1.165, 1.54) is 132 Å². The van der Waals surface area contributed by atoms with Gasteiger partial charge in [0.25, 0.3) is 0 Å². The summed E-state index contributed by atoms with van der Waals surface area (Å²) in [5.74, 6) is 0.250. The van der Waals surface area contributed by atoms with E-state index in [4.69, 9.17) is 0 Å². The lowest BCUT2D eigenvalue weighted by atomic mass is 9.90. The molecule has 0 saturated carbocycles. The fraction of sp³-hybridized carbons (Fsp3) is 0.143. The van der Waals surface area contributed by atoms with E-state index in [-0.39, 0.29) is 5.92 Å². The van der Waals surface area contributed by atoms with Gasteiger partial charge >= 0.3 is 0 Å². The van der Waals surface area contributed by atoms with E-state index < -0.39 is 0 Å². The standard InChI is InChI=1S/C63H52N2S/c1-4-5-15-48-36-49(43-16-7-6-8-17-43)40-55-62-60(24-14-25-61(62)66-63(48)55)65-57-23-12-10-21-52(57)54-39-47(33-35-59(54)65)46-32-34-58-53(38-46)51-20-9-11-22-56(51)64(58)50-19-13-18-45(37-50)44-30-28-42(29-31-44)27-26-41(2)3/h6-14,16-25,28-31,33-40,46H,2,4-5,15,26-27,32H2,1,3H3. The molecule has 0 aliphatic heterocycles. The number of aromatic nitrogens is 2. The number of hydrogen-bond donors (Lipinski definition) is 0. The molecule has 3 aromatic heterocycles. The Morgan fingerprint density at radius 3 is 2.15 bits per heavy atom. The molecule has 1 aliphatic rings. The normalized spacial score (nSPS) is 13.7. The van der Waals surface area contributed by atoms with Crippen LogP contribution >= 0.6 is 11.3 Å². The zero-order chi connectivity index (χ0) is 44.3. The summed E-state index contributed by atoms with van der Waals surface area (Å²) in [7, 11) is 0. The van der Waals surface area contributed by atoms with Gasteiger partial charge in [0, 0.05) is 58.5 Å². The summed E-state index contributed by atoms with van der Waals surface area (Å²) in [5, 5.41) is 9.19. The molecule has 11 aromatic rings. The first-order valence-corrected chi connectivity index (χ1v) is 24.5. The number of thiophene rings is 1. The Labute approximate surface area is 390 Å². The molecular formula is C63H52N2S. The van der Waals surface area contributed by atoms with E-state index in [0.29, 0.717) is 0 Å². The SMILES string of the molecule is C=C(C)CCc1ccc(-c2cccc(-n3c4c(c5ccccc53)=CC(c3ccc5c(c3)c3ccccc3n5-c3cccc5sc6c(CCCC)cc(-c7ccccc7)cc6c35)CC=4)c2)cc1. The van der Waals surface area contributed by atoms with Gasteiger partial charge in [-0.15, -0.1) is 17.9 Å². The Kier molecular flexibility index (Phi) is 10.2. The third-order valence-corrected chi connectivity index (χ3v) is 15.3. The Morgan fingerprint density at radius 2 is 1.33 bits per heavy atom. The number of benzene rings is 8. The van der Waals surface area contributed by atoms with Gasteiger partial charge < -0.3 is 9.13 Å². The highest BCUT2D eigenvalue weighted by Gasteiger charge is 2.22. The van der Waals surface area contributed by atoms with Crippen LogP contribution in [0.5, 0.6) is 0 Å². The first-order chi connectivity index (χ1) is 32.5. The van der Waals surface area contributed by atoms with E-state index in [1.807, 2.05) is 11.3 Å². The first kappa shape index (κ1) is 40.3. The van der Waals surface area contributed by atoms with E-state index in [0.717, 1.165) is 25.7 Å². The topological polar surface area (TPSA) is 9.86 Å². The van der Waals surface area contributed by atoms with Crippen molar-refractivity contribution in [3.63, 3.8) is 0 Å². The van der Waals surface area contributed by atoms with Gasteiger partial charge in [-0.05, 0) is 139 Å². The molecule has 12 rings (SSSR count). The molecule has 1 unspecified atom stereocenters. The van der Waals surface area contributed by atoms with Crippen LogP contribution in [0.4, 0.5) is 0 Å². The maximum Gasteiger partial charge on any atom is 0.0555 e. The molecular weight excluding hydrogens is 817 g/mol. The zero-order valence-corrected chi connectivity index (χ0v) is 38.5. The van der Waals surface area contributed by atoms with Gasteiger partial charge in [0.15, 0.2) is 0 Å². The molecule has 320 valence electrons. The predicted molar refractivity (Wildman–Crippen MR) is 285 cm³/mol. The van der Waals surface area contributed by atoms with Crippen molar-refractivity contribution in [3.8, 4) is 33.6 Å². The van der Waals surface area contributed by atoms with E-state index in [2.05, 4.69) is 218 Å². The van der Waals surface area contributed by atoms with Gasteiger partial charge in [-0.25, -0.2) is 0 Å². The summed E-state index contributed by atoms with van der Waals surface area (Å²) in [6.07, 6.45) is 11.5. The predicted octanol–water partition coefficient (Wildman–Crippen LogP) is 16.0. The van der Waals surface area contributed by atoms with Gasteiger partial charge in [-0.3, -0.25) is 0 Å². The number of fused-ring (bicyclic) bond motifs is 9. The summed E-state index contributed by atoms with van der Waals surface area (Å²) < 4.78 is 7.78. The van der Waals surface area contributed by atoms with Crippen LogP contribution in [0.3, 0.4) is 0 Å². The molecule has 3 heterocycles. The summed E-state index contributed by atoms with van der Waals surface area (Å²) in [4.78, 5) is 0. The monoisotopic (exact) mass is 868 g/mol. The lowest BCUT2D eigenvalue weighted by Crippen LogP contribution is -2.31. The van der Waals surface area contributed by atoms with Gasteiger partial charge in [-0.2, -0.15) is 0 Å².